The van der Waals surface area contributed by atoms with Gasteiger partial charge in [0.15, 0.2) is 0 Å². The summed E-state index contributed by atoms with van der Waals surface area (Å²) in [4.78, 5) is 13.3. The summed E-state index contributed by atoms with van der Waals surface area (Å²) < 4.78 is 0. The van der Waals surface area contributed by atoms with E-state index >= 15 is 0 Å². The average Bonchev–Trinajstić information content (AvgIpc) is 2.09. The van der Waals surface area contributed by atoms with Gasteiger partial charge in [0.05, 0.1) is 0 Å². The van der Waals surface area contributed by atoms with E-state index in [-0.39, 0.29) is 5.91 Å². The first kappa shape index (κ1) is 9.48. The summed E-state index contributed by atoms with van der Waals surface area (Å²) in [6.07, 6.45) is 0.597. The number of rotatable bonds is 2. The molecule has 70 valence electrons. The van der Waals surface area contributed by atoms with Crippen molar-refractivity contribution >= 4 is 5.91 Å². The largest absolute Gasteiger partial charge is 0.359 e. The Balaban J connectivity index is 2.33. The minimum Gasteiger partial charge on any atom is -0.359 e. The highest BCUT2D eigenvalue weighted by molar-refractivity contribution is 5.76. The van der Waals surface area contributed by atoms with Crippen LogP contribution in [0.1, 0.15) is 6.42 Å². The molecule has 1 aliphatic rings. The molecule has 1 atom stereocenters. The molecule has 1 fully saturated rings. The molecule has 0 aliphatic carbocycles. The summed E-state index contributed by atoms with van der Waals surface area (Å²) in [7, 11) is 3.74. The van der Waals surface area contributed by atoms with Crippen LogP contribution in [0.15, 0.2) is 0 Å². The van der Waals surface area contributed by atoms with E-state index in [1.807, 2.05) is 0 Å². The molecule has 12 heavy (non-hydrogen) atoms. The second kappa shape index (κ2) is 4.42. The zero-order chi connectivity index (χ0) is 8.97. The second-order valence-corrected chi connectivity index (χ2v) is 3.22. The number of piperazine rings is 1. The van der Waals surface area contributed by atoms with Crippen molar-refractivity contribution in [3.05, 3.63) is 0 Å². The molecule has 0 aromatic carbocycles. The van der Waals surface area contributed by atoms with Crippen molar-refractivity contribution in [3.63, 3.8) is 0 Å². The van der Waals surface area contributed by atoms with Crippen LogP contribution in [-0.4, -0.2) is 50.6 Å². The van der Waals surface area contributed by atoms with E-state index in [4.69, 9.17) is 0 Å². The third-order valence-corrected chi connectivity index (χ3v) is 2.34. The van der Waals surface area contributed by atoms with Crippen LogP contribution in [-0.2, 0) is 4.79 Å². The van der Waals surface area contributed by atoms with Crippen LogP contribution in [0.2, 0.25) is 0 Å². The molecular formula is C8H17N3O. The number of hydrogen-bond acceptors (Lipinski definition) is 3. The molecule has 1 unspecified atom stereocenters. The van der Waals surface area contributed by atoms with E-state index < -0.39 is 0 Å². The molecule has 2 N–H and O–H groups in total. The van der Waals surface area contributed by atoms with Crippen LogP contribution >= 0.6 is 0 Å². The first-order valence-electron chi connectivity index (χ1n) is 4.35. The van der Waals surface area contributed by atoms with E-state index in [0.717, 1.165) is 19.6 Å². The Morgan fingerprint density at radius 2 is 2.50 bits per heavy atom. The Kier molecular flexibility index (Phi) is 3.49. The fourth-order valence-electron chi connectivity index (χ4n) is 1.41. The van der Waals surface area contributed by atoms with Gasteiger partial charge in [-0.25, -0.2) is 0 Å². The lowest BCUT2D eigenvalue weighted by Crippen LogP contribution is -2.50. The fraction of sp³-hybridized carbons (Fsp3) is 0.875. The van der Waals surface area contributed by atoms with E-state index in [1.165, 1.54) is 0 Å². The SMILES string of the molecule is CNC(=O)CC1CNCCN1C. The number of hydrogen-bond donors (Lipinski definition) is 2. The molecule has 1 aliphatic heterocycles. The standard InChI is InChI=1S/C8H17N3O/c1-9-8(12)5-7-6-10-3-4-11(7)2/h7,10H,3-6H2,1-2H3,(H,9,12). The van der Waals surface area contributed by atoms with Crippen LogP contribution in [0.5, 0.6) is 0 Å². The second-order valence-electron chi connectivity index (χ2n) is 3.22. The third-order valence-electron chi connectivity index (χ3n) is 2.34. The lowest BCUT2D eigenvalue weighted by atomic mass is 10.1. The number of nitrogens with zero attached hydrogens (tertiary/aromatic N) is 1. The van der Waals surface area contributed by atoms with Gasteiger partial charge in [0.2, 0.25) is 5.91 Å². The zero-order valence-electron chi connectivity index (χ0n) is 7.76. The quantitative estimate of drug-likeness (QED) is 0.561. The highest BCUT2D eigenvalue weighted by Crippen LogP contribution is 2.03. The zero-order valence-corrected chi connectivity index (χ0v) is 7.76. The van der Waals surface area contributed by atoms with Crippen molar-refractivity contribution in [3.8, 4) is 0 Å². The minimum absolute atomic E-state index is 0.121. The molecule has 1 saturated heterocycles. The summed E-state index contributed by atoms with van der Waals surface area (Å²) in [6, 6.07) is 0.360. The van der Waals surface area contributed by atoms with Crippen molar-refractivity contribution in [2.75, 3.05) is 33.7 Å². The van der Waals surface area contributed by atoms with Gasteiger partial charge in [-0.3, -0.25) is 4.79 Å². The van der Waals surface area contributed by atoms with Crippen molar-refractivity contribution in [1.29, 1.82) is 0 Å². The maximum atomic E-state index is 11.1. The summed E-state index contributed by atoms with van der Waals surface area (Å²) >= 11 is 0. The lowest BCUT2D eigenvalue weighted by Gasteiger charge is -2.32. The summed E-state index contributed by atoms with van der Waals surface area (Å²) in [5, 5.41) is 5.91. The van der Waals surface area contributed by atoms with E-state index in [0.29, 0.717) is 12.5 Å². The van der Waals surface area contributed by atoms with Gasteiger partial charge in [0, 0.05) is 39.1 Å². The maximum Gasteiger partial charge on any atom is 0.221 e. The van der Waals surface area contributed by atoms with Crippen LogP contribution in [0.4, 0.5) is 0 Å². The van der Waals surface area contributed by atoms with Crippen LogP contribution in [0, 0.1) is 0 Å². The van der Waals surface area contributed by atoms with Gasteiger partial charge in [-0.05, 0) is 7.05 Å². The highest BCUT2D eigenvalue weighted by Gasteiger charge is 2.20. The van der Waals surface area contributed by atoms with Crippen LogP contribution < -0.4 is 10.6 Å². The first-order valence-corrected chi connectivity index (χ1v) is 4.35. The normalized spacial score (nSPS) is 25.3. The van der Waals surface area contributed by atoms with Crippen LogP contribution in [0.25, 0.3) is 0 Å². The average molecular weight is 171 g/mol. The van der Waals surface area contributed by atoms with E-state index in [1.54, 1.807) is 7.05 Å². The molecular weight excluding hydrogens is 154 g/mol. The van der Waals surface area contributed by atoms with Crippen molar-refractivity contribution < 1.29 is 4.79 Å². The lowest BCUT2D eigenvalue weighted by molar-refractivity contribution is -0.121. The number of likely N-dealkylation sites (N-methyl/N-ethyl adjacent to an activating group) is 1. The highest BCUT2D eigenvalue weighted by atomic mass is 16.1. The predicted molar refractivity (Wildman–Crippen MR) is 48.0 cm³/mol. The topological polar surface area (TPSA) is 44.4 Å². The van der Waals surface area contributed by atoms with Gasteiger partial charge in [0.1, 0.15) is 0 Å². The smallest absolute Gasteiger partial charge is 0.221 e. The number of amides is 1. The summed E-state index contributed by atoms with van der Waals surface area (Å²) in [5.41, 5.74) is 0. The van der Waals surface area contributed by atoms with E-state index in [9.17, 15) is 4.79 Å². The van der Waals surface area contributed by atoms with Gasteiger partial charge in [-0.1, -0.05) is 0 Å². The molecule has 1 rings (SSSR count). The molecule has 0 saturated carbocycles. The Morgan fingerprint density at radius 1 is 1.75 bits per heavy atom. The minimum atomic E-state index is 0.121. The number of carbonyl (C=O) groups is 1. The Morgan fingerprint density at radius 3 is 3.08 bits per heavy atom. The molecule has 0 bridgehead atoms. The number of carbonyl (C=O) groups excluding carboxylic acids is 1. The molecule has 4 heteroatoms. The first-order chi connectivity index (χ1) is 5.74. The predicted octanol–water partition coefficient (Wildman–Crippen LogP) is -0.974. The Bertz CT molecular complexity index is 160. The fourth-order valence-corrected chi connectivity index (χ4v) is 1.41. The van der Waals surface area contributed by atoms with Gasteiger partial charge in [0.25, 0.3) is 0 Å². The Labute approximate surface area is 73.3 Å². The van der Waals surface area contributed by atoms with Gasteiger partial charge in [-0.15, -0.1) is 0 Å². The van der Waals surface area contributed by atoms with Gasteiger partial charge in [-0.2, -0.15) is 0 Å². The van der Waals surface area contributed by atoms with Crippen molar-refractivity contribution in [2.24, 2.45) is 0 Å². The molecule has 0 aromatic heterocycles. The molecule has 1 amide bonds. The molecule has 4 nitrogen and oxygen atoms in total. The van der Waals surface area contributed by atoms with Gasteiger partial charge >= 0.3 is 0 Å². The molecule has 1 heterocycles. The molecule has 0 spiro atoms. The third kappa shape index (κ3) is 2.46. The molecule has 0 aromatic rings. The summed E-state index contributed by atoms with van der Waals surface area (Å²) in [6.45, 7) is 2.98. The maximum absolute atomic E-state index is 11.1. The Hall–Kier alpha value is -0.610. The number of nitrogens with one attached hydrogen (secondary N) is 2. The van der Waals surface area contributed by atoms with Crippen molar-refractivity contribution in [2.45, 2.75) is 12.5 Å². The molecule has 0 radical (unpaired) electrons. The van der Waals surface area contributed by atoms with Crippen LogP contribution in [0.3, 0.4) is 0 Å². The van der Waals surface area contributed by atoms with Crippen molar-refractivity contribution in [1.82, 2.24) is 15.5 Å². The monoisotopic (exact) mass is 171 g/mol. The summed E-state index contributed by atoms with van der Waals surface area (Å²) in [5.74, 6) is 0.121. The van der Waals surface area contributed by atoms with Gasteiger partial charge < -0.3 is 15.5 Å². The van der Waals surface area contributed by atoms with E-state index in [2.05, 4.69) is 22.6 Å².